The summed E-state index contributed by atoms with van der Waals surface area (Å²) < 4.78 is 0. The molecule has 0 aromatic rings. The highest BCUT2D eigenvalue weighted by atomic mass is 15.1. The van der Waals surface area contributed by atoms with E-state index in [0.717, 1.165) is 6.54 Å². The van der Waals surface area contributed by atoms with Gasteiger partial charge in [-0.05, 0) is 20.9 Å². The second-order valence-corrected chi connectivity index (χ2v) is 3.18. The summed E-state index contributed by atoms with van der Waals surface area (Å²) in [6.07, 6.45) is 0.522. The normalized spacial score (nSPS) is 14.8. The molecule has 66 valence electrons. The topological polar surface area (TPSA) is 50.8 Å². The molecule has 2 unspecified atom stereocenters. The van der Waals surface area contributed by atoms with Crippen LogP contribution in [-0.2, 0) is 0 Å². The highest BCUT2D eigenvalue weighted by Crippen LogP contribution is 2.03. The molecule has 0 bridgehead atoms. The van der Waals surface area contributed by atoms with E-state index in [1.807, 2.05) is 25.8 Å². The van der Waals surface area contributed by atoms with Crippen LogP contribution < -0.4 is 0 Å². The van der Waals surface area contributed by atoms with Crippen LogP contribution >= 0.6 is 0 Å². The Bertz CT molecular complexity index is 199. The molecule has 0 aliphatic carbocycles. The van der Waals surface area contributed by atoms with Gasteiger partial charge in [0.25, 0.3) is 0 Å². The SMILES string of the molecule is CC(C#N)CN(C)C(C)CC#N. The maximum Gasteiger partial charge on any atom is 0.0666 e. The molecule has 0 radical (unpaired) electrons. The Morgan fingerprint density at radius 1 is 1.33 bits per heavy atom. The van der Waals surface area contributed by atoms with Gasteiger partial charge in [0.2, 0.25) is 0 Å². The Hall–Kier alpha value is -1.06. The zero-order valence-electron chi connectivity index (χ0n) is 7.91. The van der Waals surface area contributed by atoms with Crippen molar-refractivity contribution in [2.45, 2.75) is 26.3 Å². The van der Waals surface area contributed by atoms with E-state index >= 15 is 0 Å². The summed E-state index contributed by atoms with van der Waals surface area (Å²) >= 11 is 0. The largest absolute Gasteiger partial charge is 0.301 e. The van der Waals surface area contributed by atoms with E-state index in [2.05, 4.69) is 12.1 Å². The number of nitrogens with zero attached hydrogens (tertiary/aromatic N) is 3. The zero-order valence-corrected chi connectivity index (χ0v) is 7.91. The predicted molar refractivity (Wildman–Crippen MR) is 47.1 cm³/mol. The van der Waals surface area contributed by atoms with Crippen LogP contribution in [0.3, 0.4) is 0 Å². The van der Waals surface area contributed by atoms with Gasteiger partial charge in [-0.2, -0.15) is 10.5 Å². The van der Waals surface area contributed by atoms with Crippen LogP contribution in [0.2, 0.25) is 0 Å². The third-order valence-electron chi connectivity index (χ3n) is 1.92. The average molecular weight is 165 g/mol. The van der Waals surface area contributed by atoms with E-state index in [4.69, 9.17) is 10.5 Å². The lowest BCUT2D eigenvalue weighted by Gasteiger charge is -2.23. The molecule has 0 rings (SSSR count). The quantitative estimate of drug-likeness (QED) is 0.632. The minimum absolute atomic E-state index is 0.0381. The molecule has 0 saturated carbocycles. The number of hydrogen-bond donors (Lipinski definition) is 0. The molecular weight excluding hydrogens is 150 g/mol. The lowest BCUT2D eigenvalue weighted by Crippen LogP contribution is -2.32. The fourth-order valence-electron chi connectivity index (χ4n) is 0.941. The van der Waals surface area contributed by atoms with Gasteiger partial charge in [-0.1, -0.05) is 0 Å². The summed E-state index contributed by atoms with van der Waals surface area (Å²) in [5.41, 5.74) is 0. The van der Waals surface area contributed by atoms with Crippen molar-refractivity contribution in [3.63, 3.8) is 0 Å². The highest BCUT2D eigenvalue weighted by molar-refractivity contribution is 4.84. The first-order valence-corrected chi connectivity index (χ1v) is 4.08. The van der Waals surface area contributed by atoms with Crippen molar-refractivity contribution in [3.8, 4) is 12.1 Å². The van der Waals surface area contributed by atoms with Crippen LogP contribution in [0.4, 0.5) is 0 Å². The molecule has 0 heterocycles. The van der Waals surface area contributed by atoms with E-state index in [1.54, 1.807) is 0 Å². The standard InChI is InChI=1S/C9H15N3/c1-8(6-11)7-12(3)9(2)4-5-10/h8-9H,4,7H2,1-3H3. The van der Waals surface area contributed by atoms with Gasteiger partial charge in [-0.25, -0.2) is 0 Å². The molecule has 0 saturated heterocycles. The Labute approximate surface area is 74.2 Å². The first-order chi connectivity index (χ1) is 5.61. The molecule has 0 aromatic carbocycles. The minimum Gasteiger partial charge on any atom is -0.301 e. The maximum absolute atomic E-state index is 8.55. The van der Waals surface area contributed by atoms with E-state index in [0.29, 0.717) is 6.42 Å². The molecule has 0 N–H and O–H groups in total. The number of nitriles is 2. The zero-order chi connectivity index (χ0) is 9.56. The van der Waals surface area contributed by atoms with Crippen molar-refractivity contribution in [2.24, 2.45) is 5.92 Å². The molecule has 0 aliphatic rings. The van der Waals surface area contributed by atoms with Gasteiger partial charge < -0.3 is 4.90 Å². The lowest BCUT2D eigenvalue weighted by atomic mass is 10.1. The molecule has 3 heteroatoms. The first kappa shape index (κ1) is 10.9. The van der Waals surface area contributed by atoms with E-state index in [9.17, 15) is 0 Å². The summed E-state index contributed by atoms with van der Waals surface area (Å²) in [4.78, 5) is 2.04. The fraction of sp³-hybridized carbons (Fsp3) is 0.778. The van der Waals surface area contributed by atoms with Crippen molar-refractivity contribution >= 4 is 0 Å². The Morgan fingerprint density at radius 3 is 2.33 bits per heavy atom. The van der Waals surface area contributed by atoms with Gasteiger partial charge in [-0.15, -0.1) is 0 Å². The van der Waals surface area contributed by atoms with Crippen molar-refractivity contribution in [1.82, 2.24) is 4.90 Å². The van der Waals surface area contributed by atoms with Crippen LogP contribution in [-0.4, -0.2) is 24.5 Å². The van der Waals surface area contributed by atoms with E-state index in [-0.39, 0.29) is 12.0 Å². The van der Waals surface area contributed by atoms with Gasteiger partial charge in [-0.3, -0.25) is 0 Å². The monoisotopic (exact) mass is 165 g/mol. The second kappa shape index (κ2) is 5.57. The lowest BCUT2D eigenvalue weighted by molar-refractivity contribution is 0.243. The van der Waals surface area contributed by atoms with Crippen LogP contribution in [0, 0.1) is 28.6 Å². The first-order valence-electron chi connectivity index (χ1n) is 4.08. The summed E-state index contributed by atoms with van der Waals surface area (Å²) in [5.74, 6) is 0.0381. The van der Waals surface area contributed by atoms with Crippen LogP contribution in [0.15, 0.2) is 0 Å². The van der Waals surface area contributed by atoms with Gasteiger partial charge in [0, 0.05) is 12.6 Å². The van der Waals surface area contributed by atoms with Gasteiger partial charge in [0.1, 0.15) is 0 Å². The molecule has 12 heavy (non-hydrogen) atoms. The Balaban J connectivity index is 3.81. The molecule has 0 aromatic heterocycles. The van der Waals surface area contributed by atoms with Crippen molar-refractivity contribution in [3.05, 3.63) is 0 Å². The smallest absolute Gasteiger partial charge is 0.0666 e. The second-order valence-electron chi connectivity index (χ2n) is 3.18. The van der Waals surface area contributed by atoms with Crippen LogP contribution in [0.25, 0.3) is 0 Å². The number of hydrogen-bond acceptors (Lipinski definition) is 3. The van der Waals surface area contributed by atoms with Gasteiger partial charge in [0.15, 0.2) is 0 Å². The summed E-state index contributed by atoms with van der Waals surface area (Å²) in [5, 5.41) is 17.0. The summed E-state index contributed by atoms with van der Waals surface area (Å²) in [6, 6.07) is 4.52. The third kappa shape index (κ3) is 3.95. The molecule has 3 nitrogen and oxygen atoms in total. The third-order valence-corrected chi connectivity index (χ3v) is 1.92. The fourth-order valence-corrected chi connectivity index (χ4v) is 0.941. The highest BCUT2D eigenvalue weighted by Gasteiger charge is 2.11. The molecule has 0 fully saturated rings. The van der Waals surface area contributed by atoms with Crippen molar-refractivity contribution < 1.29 is 0 Å². The average Bonchev–Trinajstić information content (AvgIpc) is 2.04. The van der Waals surface area contributed by atoms with Gasteiger partial charge >= 0.3 is 0 Å². The van der Waals surface area contributed by atoms with Crippen molar-refractivity contribution in [1.29, 1.82) is 10.5 Å². The summed E-state index contributed by atoms with van der Waals surface area (Å²) in [6.45, 7) is 4.61. The number of rotatable bonds is 4. The minimum atomic E-state index is 0.0381. The Kier molecular flexibility index (Phi) is 5.08. The molecule has 0 amide bonds. The predicted octanol–water partition coefficient (Wildman–Crippen LogP) is 1.38. The van der Waals surface area contributed by atoms with Crippen LogP contribution in [0.1, 0.15) is 20.3 Å². The molecule has 0 aliphatic heterocycles. The van der Waals surface area contributed by atoms with Crippen LogP contribution in [0.5, 0.6) is 0 Å². The molecule has 2 atom stereocenters. The van der Waals surface area contributed by atoms with E-state index < -0.39 is 0 Å². The Morgan fingerprint density at radius 2 is 1.92 bits per heavy atom. The summed E-state index contributed by atoms with van der Waals surface area (Å²) in [7, 11) is 1.94. The molecule has 0 spiro atoms. The maximum atomic E-state index is 8.55. The molecular formula is C9H15N3. The van der Waals surface area contributed by atoms with E-state index in [1.165, 1.54) is 0 Å². The van der Waals surface area contributed by atoms with Gasteiger partial charge in [0.05, 0.1) is 24.5 Å². The van der Waals surface area contributed by atoms with Crippen molar-refractivity contribution in [2.75, 3.05) is 13.6 Å².